The maximum absolute atomic E-state index is 10.8. The number of hydrogen-bond donors (Lipinski definition) is 0. The Balaban J connectivity index is 3.06. The summed E-state index contributed by atoms with van der Waals surface area (Å²) >= 11 is 5.97. The highest BCUT2D eigenvalue weighted by atomic mass is 35.5. The summed E-state index contributed by atoms with van der Waals surface area (Å²) in [5, 5.41) is 0.674. The molecule has 2 heteroatoms. The zero-order valence-corrected chi connectivity index (χ0v) is 9.08. The van der Waals surface area contributed by atoms with E-state index in [9.17, 15) is 4.79 Å². The van der Waals surface area contributed by atoms with Crippen LogP contribution in [0.5, 0.6) is 0 Å². The number of aldehydes is 1. The Kier molecular flexibility index (Phi) is 3.90. The summed E-state index contributed by atoms with van der Waals surface area (Å²) in [6.45, 7) is 3.97. The topological polar surface area (TPSA) is 17.1 Å². The van der Waals surface area contributed by atoms with Crippen molar-refractivity contribution in [2.45, 2.75) is 13.8 Å². The average molecular weight is 209 g/mol. The van der Waals surface area contributed by atoms with Crippen molar-refractivity contribution in [1.29, 1.82) is 0 Å². The number of carbonyl (C=O) groups excluding carboxylic acids is 1. The van der Waals surface area contributed by atoms with E-state index in [0.29, 0.717) is 5.02 Å². The lowest BCUT2D eigenvalue weighted by Crippen LogP contribution is -1.94. The first-order chi connectivity index (χ1) is 6.65. The molecule has 0 aliphatic heterocycles. The first-order valence-electron chi connectivity index (χ1n) is 4.56. The Morgan fingerprint density at radius 3 is 2.50 bits per heavy atom. The lowest BCUT2D eigenvalue weighted by molar-refractivity contribution is -0.105. The molecule has 74 valence electrons. The van der Waals surface area contributed by atoms with E-state index in [1.54, 1.807) is 0 Å². The summed E-state index contributed by atoms with van der Waals surface area (Å²) in [6.07, 6.45) is 2.72. The second-order valence-corrected chi connectivity index (χ2v) is 3.85. The first-order valence-corrected chi connectivity index (χ1v) is 4.94. The molecule has 0 saturated carbocycles. The molecule has 1 nitrogen and oxygen atoms in total. The summed E-state index contributed by atoms with van der Waals surface area (Å²) < 4.78 is 0. The van der Waals surface area contributed by atoms with Crippen LogP contribution in [0.15, 0.2) is 29.8 Å². The highest BCUT2D eigenvalue weighted by Gasteiger charge is 2.03. The van der Waals surface area contributed by atoms with Gasteiger partial charge in [0.1, 0.15) is 6.29 Å². The van der Waals surface area contributed by atoms with Gasteiger partial charge in [0.05, 0.1) is 0 Å². The Morgan fingerprint density at radius 2 is 2.00 bits per heavy atom. The van der Waals surface area contributed by atoms with Crippen molar-refractivity contribution in [2.24, 2.45) is 5.92 Å². The van der Waals surface area contributed by atoms with Crippen molar-refractivity contribution in [3.05, 3.63) is 40.4 Å². The molecule has 0 saturated heterocycles. The van der Waals surface area contributed by atoms with Crippen molar-refractivity contribution >= 4 is 24.0 Å². The van der Waals surface area contributed by atoms with Crippen molar-refractivity contribution < 1.29 is 4.79 Å². The molecule has 0 bridgehead atoms. The zero-order valence-electron chi connectivity index (χ0n) is 8.33. The van der Waals surface area contributed by atoms with Crippen LogP contribution in [0.1, 0.15) is 19.4 Å². The molecule has 0 aliphatic carbocycles. The highest BCUT2D eigenvalue weighted by Crippen LogP contribution is 2.20. The van der Waals surface area contributed by atoms with Gasteiger partial charge in [-0.05, 0) is 29.2 Å². The molecule has 0 spiro atoms. The normalized spacial score (nSPS) is 11.9. The summed E-state index contributed by atoms with van der Waals surface area (Å²) in [5.74, 6) is 0.226. The fraction of sp³-hybridized carbons (Fsp3) is 0.250. The Morgan fingerprint density at radius 1 is 1.36 bits per heavy atom. The van der Waals surface area contributed by atoms with E-state index >= 15 is 0 Å². The minimum atomic E-state index is 0.226. The standard InChI is InChI=1S/C12H13ClO/c1-9(2)11(8-14)7-10-5-3-4-6-12(10)13/h3-9H,1-2H3/b11-7+. The summed E-state index contributed by atoms with van der Waals surface area (Å²) in [5.41, 5.74) is 1.66. The summed E-state index contributed by atoms with van der Waals surface area (Å²) in [4.78, 5) is 10.8. The van der Waals surface area contributed by atoms with Gasteiger partial charge in [-0.25, -0.2) is 0 Å². The molecule has 0 aromatic heterocycles. The lowest BCUT2D eigenvalue weighted by Gasteiger charge is -2.04. The Labute approximate surface area is 89.4 Å². The number of hydrogen-bond acceptors (Lipinski definition) is 1. The second kappa shape index (κ2) is 4.97. The van der Waals surface area contributed by atoms with Crippen LogP contribution in [0, 0.1) is 5.92 Å². The van der Waals surface area contributed by atoms with Gasteiger partial charge in [0.2, 0.25) is 0 Å². The Bertz CT molecular complexity index is 353. The van der Waals surface area contributed by atoms with Crippen molar-refractivity contribution in [3.8, 4) is 0 Å². The van der Waals surface area contributed by atoms with E-state index in [1.807, 2.05) is 44.2 Å². The van der Waals surface area contributed by atoms with Gasteiger partial charge in [-0.1, -0.05) is 43.6 Å². The van der Waals surface area contributed by atoms with E-state index in [2.05, 4.69) is 0 Å². The summed E-state index contributed by atoms with van der Waals surface area (Å²) in [7, 11) is 0. The number of rotatable bonds is 3. The number of benzene rings is 1. The third kappa shape index (κ3) is 2.71. The predicted octanol–water partition coefficient (Wildman–Crippen LogP) is 3.58. The molecule has 0 fully saturated rings. The minimum absolute atomic E-state index is 0.226. The quantitative estimate of drug-likeness (QED) is 0.548. The maximum atomic E-state index is 10.8. The van der Waals surface area contributed by atoms with Crippen LogP contribution in [-0.2, 0) is 4.79 Å². The van der Waals surface area contributed by atoms with Gasteiger partial charge in [-0.15, -0.1) is 0 Å². The van der Waals surface area contributed by atoms with Gasteiger partial charge < -0.3 is 0 Å². The highest BCUT2D eigenvalue weighted by molar-refractivity contribution is 6.32. The minimum Gasteiger partial charge on any atom is -0.298 e. The van der Waals surface area contributed by atoms with E-state index in [1.165, 1.54) is 0 Å². The van der Waals surface area contributed by atoms with Gasteiger partial charge in [0.25, 0.3) is 0 Å². The van der Waals surface area contributed by atoms with Gasteiger partial charge in [-0.2, -0.15) is 0 Å². The van der Waals surface area contributed by atoms with E-state index in [0.717, 1.165) is 17.4 Å². The maximum Gasteiger partial charge on any atom is 0.146 e. The molecule has 0 unspecified atom stereocenters. The third-order valence-electron chi connectivity index (χ3n) is 2.03. The fourth-order valence-corrected chi connectivity index (χ4v) is 1.30. The lowest BCUT2D eigenvalue weighted by atomic mass is 10.0. The van der Waals surface area contributed by atoms with E-state index < -0.39 is 0 Å². The molecule has 0 atom stereocenters. The van der Waals surface area contributed by atoms with E-state index in [-0.39, 0.29) is 5.92 Å². The van der Waals surface area contributed by atoms with Crippen molar-refractivity contribution in [2.75, 3.05) is 0 Å². The third-order valence-corrected chi connectivity index (χ3v) is 2.37. The largest absolute Gasteiger partial charge is 0.298 e. The Hall–Kier alpha value is -1.08. The number of halogens is 1. The smallest absolute Gasteiger partial charge is 0.146 e. The molecule has 14 heavy (non-hydrogen) atoms. The molecule has 0 heterocycles. The van der Waals surface area contributed by atoms with Gasteiger partial charge >= 0.3 is 0 Å². The molecule has 0 radical (unpaired) electrons. The molecule has 0 amide bonds. The first kappa shape index (κ1) is 11.0. The van der Waals surface area contributed by atoms with Gasteiger partial charge in [-0.3, -0.25) is 4.79 Å². The zero-order chi connectivity index (χ0) is 10.6. The van der Waals surface area contributed by atoms with Crippen molar-refractivity contribution in [1.82, 2.24) is 0 Å². The van der Waals surface area contributed by atoms with Crippen LogP contribution < -0.4 is 0 Å². The fourth-order valence-electron chi connectivity index (χ4n) is 1.11. The molecule has 1 aromatic rings. The van der Waals surface area contributed by atoms with Crippen LogP contribution in [0.4, 0.5) is 0 Å². The van der Waals surface area contributed by atoms with E-state index in [4.69, 9.17) is 11.6 Å². The van der Waals surface area contributed by atoms with Crippen LogP contribution in [0.25, 0.3) is 6.08 Å². The molecular weight excluding hydrogens is 196 g/mol. The molecule has 0 N–H and O–H groups in total. The number of allylic oxidation sites excluding steroid dienone is 1. The summed E-state index contributed by atoms with van der Waals surface area (Å²) in [6, 6.07) is 7.49. The number of carbonyl (C=O) groups is 1. The predicted molar refractivity (Wildman–Crippen MR) is 60.3 cm³/mol. The van der Waals surface area contributed by atoms with Gasteiger partial charge in [0, 0.05) is 5.02 Å². The molecule has 0 aliphatic rings. The SMILES string of the molecule is CC(C)/C(C=O)=C/c1ccccc1Cl. The van der Waals surface area contributed by atoms with Crippen LogP contribution in [0.2, 0.25) is 5.02 Å². The monoisotopic (exact) mass is 208 g/mol. The molecule has 1 rings (SSSR count). The van der Waals surface area contributed by atoms with Crippen LogP contribution >= 0.6 is 11.6 Å². The van der Waals surface area contributed by atoms with Crippen LogP contribution in [-0.4, -0.2) is 6.29 Å². The average Bonchev–Trinajstić information content (AvgIpc) is 2.16. The van der Waals surface area contributed by atoms with Gasteiger partial charge in [0.15, 0.2) is 0 Å². The van der Waals surface area contributed by atoms with Crippen molar-refractivity contribution in [3.63, 3.8) is 0 Å². The molecular formula is C12H13ClO. The van der Waals surface area contributed by atoms with Crippen LogP contribution in [0.3, 0.4) is 0 Å². The molecule has 1 aromatic carbocycles. The second-order valence-electron chi connectivity index (χ2n) is 3.44.